The standard InChI is InChI=1S/C39H25BN2O/c1-39(2)29-14-4-3-9-23(29)24-20-19-22(21-30(24)39)41-31-15-5-10-25-27-12-7-17-33-37(27)42-38-28(13-8-18-34(38)43-33)26-11-6-16-32(41)36(26)40(42)35(25)31/h3-21H,1-2H3. The van der Waals surface area contributed by atoms with Gasteiger partial charge in [0, 0.05) is 33.6 Å². The molecule has 3 nitrogen and oxygen atoms in total. The van der Waals surface area contributed by atoms with Crippen LogP contribution in [0.4, 0.5) is 28.4 Å². The Morgan fingerprint density at radius 2 is 1.09 bits per heavy atom. The van der Waals surface area contributed by atoms with Gasteiger partial charge in [0.25, 0.3) is 0 Å². The normalized spacial score (nSPS) is 15.9. The van der Waals surface area contributed by atoms with Crippen molar-refractivity contribution >= 4 is 46.2 Å². The lowest BCUT2D eigenvalue weighted by Crippen LogP contribution is -2.64. The van der Waals surface area contributed by atoms with E-state index in [4.69, 9.17) is 4.74 Å². The molecule has 0 unspecified atom stereocenters. The molecule has 4 heteroatoms. The Hall–Kier alpha value is -5.22. The number of nitrogens with zero attached hydrogens (tertiary/aromatic N) is 2. The third kappa shape index (κ3) is 2.45. The molecular weight excluding hydrogens is 523 g/mol. The summed E-state index contributed by atoms with van der Waals surface area (Å²) in [5.41, 5.74) is 19.3. The first-order chi connectivity index (χ1) is 21.1. The molecule has 11 rings (SSSR count). The third-order valence-electron chi connectivity index (χ3n) is 10.6. The van der Waals surface area contributed by atoms with Gasteiger partial charge in [0.1, 0.15) is 0 Å². The van der Waals surface area contributed by atoms with E-state index < -0.39 is 0 Å². The number of para-hydroxylation sites is 2. The molecule has 0 fully saturated rings. The highest BCUT2D eigenvalue weighted by molar-refractivity contribution is 6.95. The molecule has 0 aromatic heterocycles. The van der Waals surface area contributed by atoms with Crippen molar-refractivity contribution in [2.45, 2.75) is 19.3 Å². The van der Waals surface area contributed by atoms with Crippen molar-refractivity contribution in [1.29, 1.82) is 0 Å². The Labute approximate surface area is 250 Å². The average Bonchev–Trinajstić information content (AvgIpc) is 3.27. The van der Waals surface area contributed by atoms with Gasteiger partial charge in [-0.1, -0.05) is 92.7 Å². The van der Waals surface area contributed by atoms with E-state index in [1.807, 2.05) is 0 Å². The smallest absolute Gasteiger partial charge is 0.333 e. The molecule has 0 spiro atoms. The van der Waals surface area contributed by atoms with Gasteiger partial charge < -0.3 is 14.4 Å². The van der Waals surface area contributed by atoms with Crippen molar-refractivity contribution in [3.8, 4) is 44.9 Å². The topological polar surface area (TPSA) is 15.7 Å². The molecule has 0 bridgehead atoms. The van der Waals surface area contributed by atoms with Crippen LogP contribution in [0.5, 0.6) is 11.5 Å². The van der Waals surface area contributed by atoms with Gasteiger partial charge >= 0.3 is 6.85 Å². The van der Waals surface area contributed by atoms with E-state index in [2.05, 4.69) is 139 Å². The predicted octanol–water partition coefficient (Wildman–Crippen LogP) is 8.79. The average molecular weight is 548 g/mol. The lowest BCUT2D eigenvalue weighted by molar-refractivity contribution is 0.478. The van der Waals surface area contributed by atoms with Crippen LogP contribution in [0.15, 0.2) is 115 Å². The van der Waals surface area contributed by atoms with Crippen molar-refractivity contribution < 1.29 is 4.74 Å². The van der Waals surface area contributed by atoms with Crippen LogP contribution in [-0.2, 0) is 5.41 Å². The number of hydrogen-bond donors (Lipinski definition) is 0. The minimum absolute atomic E-state index is 0.0645. The first-order valence-corrected chi connectivity index (χ1v) is 15.2. The molecular formula is C39H25BN2O. The van der Waals surface area contributed by atoms with Gasteiger partial charge in [0.2, 0.25) is 0 Å². The maximum atomic E-state index is 6.59. The molecule has 6 aromatic rings. The van der Waals surface area contributed by atoms with Crippen molar-refractivity contribution in [3.05, 3.63) is 126 Å². The number of rotatable bonds is 1. The summed E-state index contributed by atoms with van der Waals surface area (Å²) in [4.78, 5) is 5.11. The number of benzene rings is 6. The van der Waals surface area contributed by atoms with E-state index in [1.54, 1.807) is 0 Å². The van der Waals surface area contributed by atoms with Gasteiger partial charge in [-0.2, -0.15) is 0 Å². The summed E-state index contributed by atoms with van der Waals surface area (Å²) in [5.74, 6) is 1.86. The first kappa shape index (κ1) is 22.4. The van der Waals surface area contributed by atoms with E-state index in [0.717, 1.165) is 11.5 Å². The van der Waals surface area contributed by atoms with Crippen LogP contribution < -0.4 is 25.4 Å². The van der Waals surface area contributed by atoms with Crippen LogP contribution >= 0.6 is 0 Å². The van der Waals surface area contributed by atoms with Crippen molar-refractivity contribution in [3.63, 3.8) is 0 Å². The molecule has 200 valence electrons. The Morgan fingerprint density at radius 3 is 1.77 bits per heavy atom. The molecule has 0 N–H and O–H groups in total. The molecule has 0 radical (unpaired) electrons. The fourth-order valence-electron chi connectivity index (χ4n) is 8.81. The lowest BCUT2D eigenvalue weighted by Gasteiger charge is -2.50. The predicted molar refractivity (Wildman–Crippen MR) is 177 cm³/mol. The Bertz CT molecular complexity index is 2180. The number of ether oxygens (including phenoxy) is 1. The van der Waals surface area contributed by atoms with Gasteiger partial charge in [-0.15, -0.1) is 0 Å². The third-order valence-corrected chi connectivity index (χ3v) is 10.6. The van der Waals surface area contributed by atoms with Gasteiger partial charge in [0.15, 0.2) is 11.5 Å². The number of anilines is 5. The fourth-order valence-corrected chi connectivity index (χ4v) is 8.81. The molecule has 0 saturated carbocycles. The summed E-state index contributed by atoms with van der Waals surface area (Å²) in [6.45, 7) is 4.81. The van der Waals surface area contributed by atoms with Crippen LogP contribution in [0.2, 0.25) is 0 Å². The van der Waals surface area contributed by atoms with Gasteiger partial charge in [-0.25, -0.2) is 0 Å². The second kappa shape index (κ2) is 7.22. The lowest BCUT2D eigenvalue weighted by atomic mass is 9.41. The summed E-state index contributed by atoms with van der Waals surface area (Å²) in [5, 5.41) is 0. The van der Waals surface area contributed by atoms with E-state index in [-0.39, 0.29) is 12.3 Å². The van der Waals surface area contributed by atoms with Crippen LogP contribution in [0.25, 0.3) is 33.4 Å². The maximum absolute atomic E-state index is 6.59. The van der Waals surface area contributed by atoms with Crippen molar-refractivity contribution in [2.24, 2.45) is 0 Å². The number of hydrogen-bond acceptors (Lipinski definition) is 3. The molecule has 4 aliphatic heterocycles. The first-order valence-electron chi connectivity index (χ1n) is 15.2. The van der Waals surface area contributed by atoms with Crippen LogP contribution in [0.1, 0.15) is 25.0 Å². The zero-order valence-corrected chi connectivity index (χ0v) is 23.8. The second-order valence-corrected chi connectivity index (χ2v) is 12.9. The molecule has 0 atom stereocenters. The van der Waals surface area contributed by atoms with Gasteiger partial charge in [0.05, 0.1) is 11.4 Å². The fraction of sp³-hybridized carbons (Fsp3) is 0.0769. The Morgan fingerprint density at radius 1 is 0.535 bits per heavy atom. The summed E-state index contributed by atoms with van der Waals surface area (Å²) in [6.07, 6.45) is 0. The van der Waals surface area contributed by atoms with E-state index in [9.17, 15) is 0 Å². The Balaban J connectivity index is 1.25. The zero-order chi connectivity index (χ0) is 28.2. The largest absolute Gasteiger partial charge is 0.453 e. The highest BCUT2D eigenvalue weighted by Gasteiger charge is 2.51. The molecule has 6 aromatic carbocycles. The highest BCUT2D eigenvalue weighted by atomic mass is 16.5. The van der Waals surface area contributed by atoms with Crippen molar-refractivity contribution in [1.82, 2.24) is 0 Å². The van der Waals surface area contributed by atoms with E-state index >= 15 is 0 Å². The molecule has 0 amide bonds. The summed E-state index contributed by atoms with van der Waals surface area (Å²) < 4.78 is 6.59. The summed E-state index contributed by atoms with van der Waals surface area (Å²) in [7, 11) is 0. The molecule has 5 aliphatic rings. The molecule has 0 saturated heterocycles. The Kier molecular flexibility index (Phi) is 3.76. The minimum Gasteiger partial charge on any atom is -0.453 e. The van der Waals surface area contributed by atoms with Gasteiger partial charge in [-0.05, 0) is 80.7 Å². The maximum Gasteiger partial charge on any atom is 0.333 e. The quantitative estimate of drug-likeness (QED) is 0.191. The molecule has 1 aliphatic carbocycles. The monoisotopic (exact) mass is 548 g/mol. The molecule has 4 heterocycles. The van der Waals surface area contributed by atoms with E-state index in [0.29, 0.717) is 0 Å². The second-order valence-electron chi connectivity index (χ2n) is 12.9. The van der Waals surface area contributed by atoms with Crippen LogP contribution in [-0.4, -0.2) is 6.85 Å². The zero-order valence-electron chi connectivity index (χ0n) is 23.8. The summed E-state index contributed by atoms with van der Waals surface area (Å²) in [6, 6.07) is 42.7. The van der Waals surface area contributed by atoms with Crippen molar-refractivity contribution in [2.75, 3.05) is 9.71 Å². The summed E-state index contributed by atoms with van der Waals surface area (Å²) >= 11 is 0. The van der Waals surface area contributed by atoms with E-state index in [1.165, 1.54) is 83.9 Å². The SMILES string of the molecule is CC1(C)c2ccccc2-c2ccc(N3c4cccc5c4B4c6c(cccc63)-c3cccc6c3N4c3c(cccc3-5)O6)cc21. The van der Waals surface area contributed by atoms with Gasteiger partial charge in [-0.3, -0.25) is 0 Å². The minimum atomic E-state index is -0.0645. The highest BCUT2D eigenvalue weighted by Crippen LogP contribution is 2.59. The van der Waals surface area contributed by atoms with Crippen LogP contribution in [0, 0.1) is 0 Å². The molecule has 43 heavy (non-hydrogen) atoms. The number of fused-ring (bicyclic) bond motifs is 5. The van der Waals surface area contributed by atoms with Crippen LogP contribution in [0.3, 0.4) is 0 Å².